The van der Waals surface area contributed by atoms with Gasteiger partial charge in [-0.1, -0.05) is 11.6 Å². The maximum absolute atomic E-state index is 12.1. The normalized spacial score (nSPS) is 10.2. The van der Waals surface area contributed by atoms with Gasteiger partial charge in [-0.3, -0.25) is 14.9 Å². The predicted molar refractivity (Wildman–Crippen MR) is 84.9 cm³/mol. The van der Waals surface area contributed by atoms with E-state index >= 15 is 0 Å². The van der Waals surface area contributed by atoms with Gasteiger partial charge in [0.2, 0.25) is 0 Å². The van der Waals surface area contributed by atoms with E-state index in [1.54, 1.807) is 25.1 Å². The van der Waals surface area contributed by atoms with E-state index in [9.17, 15) is 14.9 Å². The monoisotopic (exact) mass is 368 g/mol. The summed E-state index contributed by atoms with van der Waals surface area (Å²) in [6.07, 6.45) is 0. The minimum Gasteiger partial charge on any atom is -0.322 e. The minimum atomic E-state index is -0.479. The maximum Gasteiger partial charge on any atom is 0.272 e. The number of anilines is 1. The van der Waals surface area contributed by atoms with E-state index < -0.39 is 4.92 Å². The summed E-state index contributed by atoms with van der Waals surface area (Å²) < 4.78 is 0.668. The number of nitro groups is 1. The van der Waals surface area contributed by atoms with Crippen LogP contribution in [-0.2, 0) is 0 Å². The summed E-state index contributed by atoms with van der Waals surface area (Å²) in [5.41, 5.74) is 1.35. The van der Waals surface area contributed by atoms with Crippen LogP contribution in [0, 0.1) is 17.0 Å². The van der Waals surface area contributed by atoms with Crippen LogP contribution in [0.4, 0.5) is 11.4 Å². The molecule has 0 unspecified atom stereocenters. The molecule has 0 saturated carbocycles. The van der Waals surface area contributed by atoms with Gasteiger partial charge in [0.15, 0.2) is 0 Å². The molecular formula is C14H10BrClN2O3. The summed E-state index contributed by atoms with van der Waals surface area (Å²) >= 11 is 9.15. The van der Waals surface area contributed by atoms with Gasteiger partial charge in [0.25, 0.3) is 11.6 Å². The fourth-order valence-corrected chi connectivity index (χ4v) is 2.28. The first-order valence-corrected chi connectivity index (χ1v) is 7.07. The molecule has 2 aromatic rings. The van der Waals surface area contributed by atoms with Crippen molar-refractivity contribution in [3.63, 3.8) is 0 Å². The molecule has 0 heterocycles. The Labute approximate surface area is 134 Å². The van der Waals surface area contributed by atoms with E-state index in [1.807, 2.05) is 0 Å². The second-order valence-electron chi connectivity index (χ2n) is 4.34. The number of nitro benzene ring substituents is 1. The van der Waals surface area contributed by atoms with Crippen LogP contribution in [0.15, 0.2) is 40.9 Å². The Morgan fingerprint density at radius 1 is 1.29 bits per heavy atom. The van der Waals surface area contributed by atoms with Crippen LogP contribution in [0.2, 0.25) is 5.02 Å². The lowest BCUT2D eigenvalue weighted by Crippen LogP contribution is -2.12. The number of hydrogen-bond donors (Lipinski definition) is 1. The summed E-state index contributed by atoms with van der Waals surface area (Å²) in [5, 5.41) is 14.0. The van der Waals surface area contributed by atoms with E-state index in [4.69, 9.17) is 11.6 Å². The molecule has 0 aliphatic heterocycles. The van der Waals surface area contributed by atoms with Crippen molar-refractivity contribution in [3.05, 3.63) is 67.1 Å². The molecule has 0 saturated heterocycles. The van der Waals surface area contributed by atoms with Gasteiger partial charge >= 0.3 is 0 Å². The molecule has 7 heteroatoms. The van der Waals surface area contributed by atoms with E-state index in [-0.39, 0.29) is 11.6 Å². The van der Waals surface area contributed by atoms with Crippen molar-refractivity contribution in [2.45, 2.75) is 6.92 Å². The van der Waals surface area contributed by atoms with Crippen molar-refractivity contribution in [1.29, 1.82) is 0 Å². The molecule has 2 rings (SSSR count). The molecule has 108 valence electrons. The lowest BCUT2D eigenvalue weighted by molar-refractivity contribution is -0.385. The lowest BCUT2D eigenvalue weighted by atomic mass is 10.1. The highest BCUT2D eigenvalue weighted by Crippen LogP contribution is 2.26. The standard InChI is InChI=1S/C14H10BrClN2O3/c1-8-6-9(2-5-13(8)18(20)21)14(19)17-10-3-4-12(16)11(15)7-10/h2-7H,1H3,(H,17,19). The Bertz CT molecular complexity index is 734. The molecular weight excluding hydrogens is 360 g/mol. The molecule has 5 nitrogen and oxygen atoms in total. The van der Waals surface area contributed by atoms with Crippen molar-refractivity contribution in [2.24, 2.45) is 0 Å². The largest absolute Gasteiger partial charge is 0.322 e. The van der Waals surface area contributed by atoms with Crippen LogP contribution < -0.4 is 5.32 Å². The summed E-state index contributed by atoms with van der Waals surface area (Å²) in [6.45, 7) is 1.59. The molecule has 0 bridgehead atoms. The van der Waals surface area contributed by atoms with Gasteiger partial charge in [0.05, 0.1) is 9.95 Å². The smallest absolute Gasteiger partial charge is 0.272 e. The number of benzene rings is 2. The SMILES string of the molecule is Cc1cc(C(=O)Nc2ccc(Cl)c(Br)c2)ccc1[N+](=O)[O-]. The highest BCUT2D eigenvalue weighted by Gasteiger charge is 2.14. The Morgan fingerprint density at radius 3 is 2.57 bits per heavy atom. The number of amides is 1. The highest BCUT2D eigenvalue weighted by atomic mass is 79.9. The third kappa shape index (κ3) is 3.59. The molecule has 0 atom stereocenters. The van der Waals surface area contributed by atoms with Gasteiger partial charge in [-0.15, -0.1) is 0 Å². The Kier molecular flexibility index (Phi) is 4.59. The van der Waals surface area contributed by atoms with Crippen LogP contribution in [0.25, 0.3) is 0 Å². The predicted octanol–water partition coefficient (Wildman–Crippen LogP) is 4.57. The molecule has 0 radical (unpaired) electrons. The van der Waals surface area contributed by atoms with Crippen molar-refractivity contribution in [1.82, 2.24) is 0 Å². The van der Waals surface area contributed by atoms with Crippen molar-refractivity contribution >= 4 is 44.8 Å². The molecule has 1 N–H and O–H groups in total. The summed E-state index contributed by atoms with van der Waals surface area (Å²) in [4.78, 5) is 22.4. The van der Waals surface area contributed by atoms with Gasteiger partial charge in [-0.25, -0.2) is 0 Å². The van der Waals surface area contributed by atoms with E-state index in [2.05, 4.69) is 21.2 Å². The van der Waals surface area contributed by atoms with Gasteiger partial charge in [0.1, 0.15) is 0 Å². The number of hydrogen-bond acceptors (Lipinski definition) is 3. The van der Waals surface area contributed by atoms with Crippen LogP contribution in [0.1, 0.15) is 15.9 Å². The zero-order valence-corrected chi connectivity index (χ0v) is 13.2. The first kappa shape index (κ1) is 15.5. The molecule has 0 aliphatic rings. The Hall–Kier alpha value is -1.92. The molecule has 2 aromatic carbocycles. The van der Waals surface area contributed by atoms with Crippen LogP contribution >= 0.6 is 27.5 Å². The first-order chi connectivity index (χ1) is 9.88. The number of carbonyl (C=O) groups is 1. The fraction of sp³-hybridized carbons (Fsp3) is 0.0714. The molecule has 0 aliphatic carbocycles. The quantitative estimate of drug-likeness (QED) is 0.636. The van der Waals surface area contributed by atoms with Crippen molar-refractivity contribution in [3.8, 4) is 0 Å². The van der Waals surface area contributed by atoms with Crippen molar-refractivity contribution in [2.75, 3.05) is 5.32 Å². The second kappa shape index (κ2) is 6.24. The Morgan fingerprint density at radius 2 is 2.00 bits per heavy atom. The van der Waals surface area contributed by atoms with Crippen LogP contribution in [0.5, 0.6) is 0 Å². The highest BCUT2D eigenvalue weighted by molar-refractivity contribution is 9.10. The van der Waals surface area contributed by atoms with Gasteiger partial charge in [-0.05, 0) is 53.2 Å². The summed E-state index contributed by atoms with van der Waals surface area (Å²) in [6, 6.07) is 9.23. The maximum atomic E-state index is 12.1. The van der Waals surface area contributed by atoms with Gasteiger partial charge in [-0.2, -0.15) is 0 Å². The number of aryl methyl sites for hydroxylation is 1. The average molecular weight is 370 g/mol. The Balaban J connectivity index is 2.22. The van der Waals surface area contributed by atoms with Crippen LogP contribution in [0.3, 0.4) is 0 Å². The van der Waals surface area contributed by atoms with E-state index in [0.29, 0.717) is 26.3 Å². The molecule has 0 aromatic heterocycles. The third-order valence-electron chi connectivity index (χ3n) is 2.83. The third-order valence-corrected chi connectivity index (χ3v) is 4.05. The van der Waals surface area contributed by atoms with E-state index in [1.165, 1.54) is 18.2 Å². The topological polar surface area (TPSA) is 72.2 Å². The van der Waals surface area contributed by atoms with Gasteiger partial charge in [0, 0.05) is 27.4 Å². The zero-order chi connectivity index (χ0) is 15.6. The fourth-order valence-electron chi connectivity index (χ4n) is 1.78. The van der Waals surface area contributed by atoms with E-state index in [0.717, 1.165) is 0 Å². The number of halogens is 2. The molecule has 1 amide bonds. The number of nitrogens with one attached hydrogen (secondary N) is 1. The van der Waals surface area contributed by atoms with Crippen molar-refractivity contribution < 1.29 is 9.72 Å². The molecule has 21 heavy (non-hydrogen) atoms. The molecule has 0 spiro atoms. The molecule has 0 fully saturated rings. The van der Waals surface area contributed by atoms with Gasteiger partial charge < -0.3 is 5.32 Å². The van der Waals surface area contributed by atoms with Crippen LogP contribution in [-0.4, -0.2) is 10.8 Å². The summed E-state index contributed by atoms with van der Waals surface area (Å²) in [5.74, 6) is -0.345. The average Bonchev–Trinajstić information content (AvgIpc) is 2.42. The number of nitrogens with zero attached hydrogens (tertiary/aromatic N) is 1. The first-order valence-electron chi connectivity index (χ1n) is 5.90. The second-order valence-corrected chi connectivity index (χ2v) is 5.60. The zero-order valence-electron chi connectivity index (χ0n) is 10.9. The lowest BCUT2D eigenvalue weighted by Gasteiger charge is -2.07. The summed E-state index contributed by atoms with van der Waals surface area (Å²) in [7, 11) is 0. The number of rotatable bonds is 3. The number of carbonyl (C=O) groups excluding carboxylic acids is 1. The minimum absolute atomic E-state index is 0.0132.